The predicted octanol–water partition coefficient (Wildman–Crippen LogP) is 3.20. The van der Waals surface area contributed by atoms with Crippen LogP contribution in [0.1, 0.15) is 27.6 Å². The van der Waals surface area contributed by atoms with E-state index in [0.717, 1.165) is 0 Å². The highest BCUT2D eigenvalue weighted by atomic mass is 16.5. The van der Waals surface area contributed by atoms with Crippen molar-refractivity contribution in [2.75, 3.05) is 12.4 Å². The van der Waals surface area contributed by atoms with Crippen molar-refractivity contribution in [3.8, 4) is 16.9 Å². The van der Waals surface area contributed by atoms with E-state index in [1.165, 1.54) is 11.8 Å². The SMILES string of the molecule is CCn1cc(C(=O)Nc2ccc(C(=O)OC)cc2)c2nn(-c3ccccc3)c(=O)c-2c1. The molecule has 2 heterocycles. The lowest BCUT2D eigenvalue weighted by atomic mass is 10.1. The standard InChI is InChI=1S/C23H20N4O4/c1-3-26-13-18(21(28)24-16-11-9-15(10-12-16)23(30)31-2)20-19(14-26)22(29)27(25-20)17-7-5-4-6-8-17/h4-14H,3H2,1-2H3,(H,24,28). The maximum atomic E-state index is 13.1. The summed E-state index contributed by atoms with van der Waals surface area (Å²) >= 11 is 0. The van der Waals surface area contributed by atoms with Crippen molar-refractivity contribution in [1.82, 2.24) is 14.3 Å². The summed E-state index contributed by atoms with van der Waals surface area (Å²) in [6.45, 7) is 2.51. The quantitative estimate of drug-likeness (QED) is 0.504. The van der Waals surface area contributed by atoms with Gasteiger partial charge in [0.25, 0.3) is 11.5 Å². The molecule has 156 valence electrons. The highest BCUT2D eigenvalue weighted by Crippen LogP contribution is 2.23. The van der Waals surface area contributed by atoms with Crippen LogP contribution in [0.3, 0.4) is 0 Å². The number of aromatic nitrogens is 3. The van der Waals surface area contributed by atoms with Gasteiger partial charge in [0.2, 0.25) is 0 Å². The Morgan fingerprint density at radius 3 is 2.39 bits per heavy atom. The highest BCUT2D eigenvalue weighted by molar-refractivity contribution is 6.08. The molecule has 0 bridgehead atoms. The number of carbonyl (C=O) groups is 2. The predicted molar refractivity (Wildman–Crippen MR) is 116 cm³/mol. The zero-order valence-electron chi connectivity index (χ0n) is 17.0. The summed E-state index contributed by atoms with van der Waals surface area (Å²) in [7, 11) is 1.31. The van der Waals surface area contributed by atoms with Crippen LogP contribution in [0.5, 0.6) is 0 Å². The minimum absolute atomic E-state index is 0.281. The Labute approximate surface area is 178 Å². The van der Waals surface area contributed by atoms with E-state index in [1.807, 2.05) is 25.1 Å². The molecule has 2 aromatic rings. The summed E-state index contributed by atoms with van der Waals surface area (Å²) in [5.41, 5.74) is 2.17. The number of pyridine rings is 1. The number of anilines is 1. The van der Waals surface area contributed by atoms with E-state index in [2.05, 4.69) is 15.2 Å². The van der Waals surface area contributed by atoms with Gasteiger partial charge in [0.05, 0.1) is 29.5 Å². The second kappa shape index (κ2) is 8.27. The molecule has 4 rings (SSSR count). The number of methoxy groups -OCH3 is 1. The van der Waals surface area contributed by atoms with E-state index < -0.39 is 11.9 Å². The topological polar surface area (TPSA) is 95.2 Å². The average Bonchev–Trinajstić information content (AvgIpc) is 3.15. The Hall–Kier alpha value is -4.20. The Morgan fingerprint density at radius 1 is 1.03 bits per heavy atom. The fourth-order valence-corrected chi connectivity index (χ4v) is 3.26. The molecular formula is C23H20N4O4. The minimum Gasteiger partial charge on any atom is -0.465 e. The summed E-state index contributed by atoms with van der Waals surface area (Å²) in [5.74, 6) is -0.864. The lowest BCUT2D eigenvalue weighted by Gasteiger charge is -2.11. The van der Waals surface area contributed by atoms with Gasteiger partial charge in [0.1, 0.15) is 5.69 Å². The molecule has 8 nitrogen and oxygen atoms in total. The van der Waals surface area contributed by atoms with E-state index in [1.54, 1.807) is 53.4 Å². The van der Waals surface area contributed by atoms with Crippen LogP contribution in [0.15, 0.2) is 71.8 Å². The average molecular weight is 416 g/mol. The fraction of sp³-hybridized carbons (Fsp3) is 0.130. The maximum Gasteiger partial charge on any atom is 0.337 e. The number of carbonyl (C=O) groups excluding carboxylic acids is 2. The van der Waals surface area contributed by atoms with Crippen LogP contribution in [-0.4, -0.2) is 33.3 Å². The Kier molecular flexibility index (Phi) is 5.36. The number of hydrogen-bond acceptors (Lipinski definition) is 5. The third kappa shape index (κ3) is 3.83. The number of benzene rings is 2. The summed E-state index contributed by atoms with van der Waals surface area (Å²) in [5, 5.41) is 7.24. The smallest absolute Gasteiger partial charge is 0.337 e. The third-order valence-electron chi connectivity index (χ3n) is 4.90. The number of esters is 1. The van der Waals surface area contributed by atoms with E-state index in [0.29, 0.717) is 34.7 Å². The molecule has 0 unspecified atom stereocenters. The van der Waals surface area contributed by atoms with E-state index in [9.17, 15) is 14.4 Å². The Morgan fingerprint density at radius 2 is 1.74 bits per heavy atom. The number of aryl methyl sites for hydroxylation is 1. The van der Waals surface area contributed by atoms with Crippen LogP contribution >= 0.6 is 0 Å². The number of rotatable bonds is 5. The van der Waals surface area contributed by atoms with Crippen LogP contribution in [0, 0.1) is 0 Å². The molecule has 8 heteroatoms. The van der Waals surface area contributed by atoms with Crippen LogP contribution in [0.4, 0.5) is 5.69 Å². The van der Waals surface area contributed by atoms with Gasteiger partial charge in [-0.25, -0.2) is 4.79 Å². The number of amides is 1. The normalized spacial score (nSPS) is 10.8. The molecule has 0 fully saturated rings. The zero-order valence-corrected chi connectivity index (χ0v) is 17.0. The number of hydrogen-bond donors (Lipinski definition) is 1. The maximum absolute atomic E-state index is 13.1. The van der Waals surface area contributed by atoms with Gasteiger partial charge in [-0.1, -0.05) is 18.2 Å². The molecule has 2 aliphatic heterocycles. The molecule has 1 N–H and O–H groups in total. The van der Waals surface area contributed by atoms with Gasteiger partial charge in [-0.05, 0) is 43.3 Å². The molecular weight excluding hydrogens is 396 g/mol. The summed E-state index contributed by atoms with van der Waals surface area (Å²) in [4.78, 5) is 37.6. The summed E-state index contributed by atoms with van der Waals surface area (Å²) < 4.78 is 7.75. The zero-order chi connectivity index (χ0) is 22.0. The van der Waals surface area contributed by atoms with Gasteiger partial charge in [0.15, 0.2) is 0 Å². The van der Waals surface area contributed by atoms with Gasteiger partial charge < -0.3 is 14.6 Å². The minimum atomic E-state index is -0.457. The van der Waals surface area contributed by atoms with E-state index >= 15 is 0 Å². The summed E-state index contributed by atoms with van der Waals surface area (Å²) in [6, 6.07) is 15.4. The number of nitrogens with zero attached hydrogens (tertiary/aromatic N) is 3. The van der Waals surface area contributed by atoms with Crippen molar-refractivity contribution in [2.24, 2.45) is 0 Å². The second-order valence-electron chi connectivity index (χ2n) is 6.84. The number of para-hydroxylation sites is 1. The lowest BCUT2D eigenvalue weighted by Crippen LogP contribution is -2.17. The molecule has 2 aliphatic rings. The Bertz CT molecular complexity index is 1270. The molecule has 0 spiro atoms. The fourth-order valence-electron chi connectivity index (χ4n) is 3.26. The molecule has 0 atom stereocenters. The van der Waals surface area contributed by atoms with Gasteiger partial charge in [-0.15, -0.1) is 0 Å². The number of ether oxygens (including phenoxy) is 1. The highest BCUT2D eigenvalue weighted by Gasteiger charge is 2.24. The number of nitrogens with one attached hydrogen (secondary N) is 1. The van der Waals surface area contributed by atoms with Crippen molar-refractivity contribution in [3.05, 3.63) is 88.5 Å². The van der Waals surface area contributed by atoms with Crippen LogP contribution in [0.25, 0.3) is 16.9 Å². The monoisotopic (exact) mass is 416 g/mol. The van der Waals surface area contributed by atoms with Crippen molar-refractivity contribution in [3.63, 3.8) is 0 Å². The first-order valence-corrected chi connectivity index (χ1v) is 9.69. The first kappa shape index (κ1) is 20.1. The van der Waals surface area contributed by atoms with Crippen molar-refractivity contribution in [2.45, 2.75) is 13.5 Å². The van der Waals surface area contributed by atoms with Crippen molar-refractivity contribution >= 4 is 17.6 Å². The van der Waals surface area contributed by atoms with Crippen LogP contribution < -0.4 is 10.9 Å². The molecule has 0 radical (unpaired) electrons. The molecule has 0 saturated heterocycles. The molecule has 0 saturated carbocycles. The van der Waals surface area contributed by atoms with Crippen molar-refractivity contribution < 1.29 is 14.3 Å². The molecule has 31 heavy (non-hydrogen) atoms. The molecule has 1 amide bonds. The van der Waals surface area contributed by atoms with Gasteiger partial charge in [0, 0.05) is 24.6 Å². The second-order valence-corrected chi connectivity index (χ2v) is 6.84. The van der Waals surface area contributed by atoms with Crippen LogP contribution in [0.2, 0.25) is 0 Å². The molecule has 0 aromatic heterocycles. The first-order valence-electron chi connectivity index (χ1n) is 9.69. The largest absolute Gasteiger partial charge is 0.465 e. The van der Waals surface area contributed by atoms with E-state index in [-0.39, 0.29) is 11.1 Å². The van der Waals surface area contributed by atoms with Crippen molar-refractivity contribution in [1.29, 1.82) is 0 Å². The van der Waals surface area contributed by atoms with Gasteiger partial charge in [-0.3, -0.25) is 9.59 Å². The van der Waals surface area contributed by atoms with E-state index in [4.69, 9.17) is 0 Å². The third-order valence-corrected chi connectivity index (χ3v) is 4.90. The van der Waals surface area contributed by atoms with Crippen LogP contribution in [-0.2, 0) is 11.3 Å². The number of fused-ring (bicyclic) bond motifs is 1. The summed E-state index contributed by atoms with van der Waals surface area (Å²) in [6.07, 6.45) is 3.37. The van der Waals surface area contributed by atoms with Gasteiger partial charge >= 0.3 is 5.97 Å². The lowest BCUT2D eigenvalue weighted by molar-refractivity contribution is 0.0600. The Balaban J connectivity index is 1.73. The molecule has 0 aliphatic carbocycles. The van der Waals surface area contributed by atoms with Gasteiger partial charge in [-0.2, -0.15) is 9.78 Å². The first-order chi connectivity index (χ1) is 15.0. The molecule has 2 aromatic carbocycles.